The molecule has 0 aliphatic carbocycles. The lowest BCUT2D eigenvalue weighted by Gasteiger charge is -2.41. The van der Waals surface area contributed by atoms with Crippen LogP contribution in [0.1, 0.15) is 5.76 Å². The zero-order valence-electron chi connectivity index (χ0n) is 9.04. The Labute approximate surface area is 97.3 Å². The Morgan fingerprint density at radius 2 is 2.41 bits per heavy atom. The van der Waals surface area contributed by atoms with Crippen LogP contribution in [0.2, 0.25) is 0 Å². The number of amides is 1. The molecule has 2 atom stereocenters. The van der Waals surface area contributed by atoms with Crippen molar-refractivity contribution in [2.45, 2.75) is 12.1 Å². The van der Waals surface area contributed by atoms with Crippen LogP contribution >= 0.6 is 0 Å². The molecule has 2 unspecified atom stereocenters. The van der Waals surface area contributed by atoms with Gasteiger partial charge in [0, 0.05) is 0 Å². The molecule has 1 aromatic rings. The van der Waals surface area contributed by atoms with Crippen LogP contribution in [0.3, 0.4) is 0 Å². The summed E-state index contributed by atoms with van der Waals surface area (Å²) >= 11 is 0. The van der Waals surface area contributed by atoms with Gasteiger partial charge >= 0.3 is 0 Å². The third-order valence-electron chi connectivity index (χ3n) is 2.67. The van der Waals surface area contributed by atoms with Crippen molar-refractivity contribution >= 4 is 18.0 Å². The monoisotopic (exact) mass is 236 g/mol. The number of carboxylic acids is 1. The molecule has 3 N–H and O–H groups in total. The lowest BCUT2D eigenvalue weighted by molar-refractivity contribution is -0.429. The summed E-state index contributed by atoms with van der Waals surface area (Å²) in [5.41, 5.74) is 3.68. The van der Waals surface area contributed by atoms with E-state index in [1.165, 1.54) is 11.2 Å². The van der Waals surface area contributed by atoms with E-state index < -0.39 is 18.6 Å². The zero-order valence-corrected chi connectivity index (χ0v) is 9.04. The maximum Gasteiger partial charge on any atom is 0.284 e. The highest BCUT2D eigenvalue weighted by Gasteiger charge is 2.46. The number of likely N-dealkylation sites (tertiary alicyclic amines) is 1. The van der Waals surface area contributed by atoms with Gasteiger partial charge < -0.3 is 25.0 Å². The maximum absolute atomic E-state index is 11.4. The van der Waals surface area contributed by atoms with E-state index in [-0.39, 0.29) is 11.9 Å². The number of nitrogens with zero attached hydrogens (tertiary/aromatic N) is 1. The largest absolute Gasteiger partial charge is 0.548 e. The highest BCUT2D eigenvalue weighted by molar-refractivity contribution is 5.91. The second-order valence-corrected chi connectivity index (χ2v) is 3.81. The van der Waals surface area contributed by atoms with E-state index in [1.807, 2.05) is 0 Å². The number of hydrogen-bond acceptors (Lipinski definition) is 4. The average Bonchev–Trinajstić information content (AvgIpc) is 2.80. The second kappa shape index (κ2) is 4.42. The third kappa shape index (κ3) is 2.21. The van der Waals surface area contributed by atoms with Crippen molar-refractivity contribution in [3.05, 3.63) is 30.2 Å². The summed E-state index contributed by atoms with van der Waals surface area (Å²) in [5.74, 6) is -0.908. The van der Waals surface area contributed by atoms with Gasteiger partial charge in [-0.15, -0.1) is 0 Å². The van der Waals surface area contributed by atoms with E-state index >= 15 is 0 Å². The summed E-state index contributed by atoms with van der Waals surface area (Å²) < 4.78 is 5.09. The molecule has 1 saturated heterocycles. The van der Waals surface area contributed by atoms with Gasteiger partial charge in [-0.05, 0) is 18.2 Å². The van der Waals surface area contributed by atoms with Gasteiger partial charge in [0.05, 0.1) is 18.8 Å². The van der Waals surface area contributed by atoms with Crippen LogP contribution in [0, 0.1) is 0 Å². The van der Waals surface area contributed by atoms with E-state index in [1.54, 1.807) is 24.3 Å². The third-order valence-corrected chi connectivity index (χ3v) is 2.67. The molecule has 0 bridgehead atoms. The minimum Gasteiger partial charge on any atom is -0.548 e. The summed E-state index contributed by atoms with van der Waals surface area (Å²) in [7, 11) is 0. The van der Waals surface area contributed by atoms with Crippen LogP contribution in [-0.2, 0) is 9.59 Å². The Kier molecular flexibility index (Phi) is 2.97. The number of carbonyl (C=O) groups excluding carboxylic acids is 2. The molecule has 0 radical (unpaired) electrons. The van der Waals surface area contributed by atoms with Gasteiger partial charge in [0.15, 0.2) is 6.04 Å². The van der Waals surface area contributed by atoms with Crippen molar-refractivity contribution in [3.63, 3.8) is 0 Å². The average molecular weight is 236 g/mol. The molecule has 0 aromatic carbocycles. The Hall–Kier alpha value is -2.08. The number of quaternary nitrogens is 1. The molecule has 1 aromatic heterocycles. The highest BCUT2D eigenvalue weighted by Crippen LogP contribution is 2.19. The molecule has 1 amide bonds. The summed E-state index contributed by atoms with van der Waals surface area (Å²) in [6, 6.07) is 2.75. The Balaban J connectivity index is 2.04. The van der Waals surface area contributed by atoms with Crippen LogP contribution in [0.15, 0.2) is 28.9 Å². The van der Waals surface area contributed by atoms with Crippen LogP contribution in [0.4, 0.5) is 0 Å². The van der Waals surface area contributed by atoms with Gasteiger partial charge in [-0.1, -0.05) is 6.08 Å². The lowest BCUT2D eigenvalue weighted by atomic mass is 9.95. The number of aliphatic carboxylic acids is 1. The van der Waals surface area contributed by atoms with E-state index in [2.05, 4.69) is 5.73 Å². The highest BCUT2D eigenvalue weighted by atomic mass is 16.4. The molecule has 6 nitrogen and oxygen atoms in total. The first-order chi connectivity index (χ1) is 8.09. The van der Waals surface area contributed by atoms with E-state index in [0.29, 0.717) is 5.76 Å². The second-order valence-electron chi connectivity index (χ2n) is 3.81. The quantitative estimate of drug-likeness (QED) is 0.603. The lowest BCUT2D eigenvalue weighted by Crippen LogP contribution is -2.83. The van der Waals surface area contributed by atoms with Gasteiger partial charge in [0.25, 0.3) is 5.91 Å². The van der Waals surface area contributed by atoms with Crippen LogP contribution in [0.25, 0.3) is 6.08 Å². The number of hydrogen-bond donors (Lipinski definition) is 1. The fourth-order valence-corrected chi connectivity index (χ4v) is 1.78. The summed E-state index contributed by atoms with van der Waals surface area (Å²) in [6.07, 6.45) is 4.94. The van der Waals surface area contributed by atoms with Crippen molar-refractivity contribution in [1.82, 2.24) is 4.90 Å². The van der Waals surface area contributed by atoms with Crippen LogP contribution in [0.5, 0.6) is 0 Å². The van der Waals surface area contributed by atoms with Gasteiger partial charge in [-0.3, -0.25) is 4.79 Å². The molecular weight excluding hydrogens is 224 g/mol. The van der Waals surface area contributed by atoms with Gasteiger partial charge in [0.1, 0.15) is 11.8 Å². The van der Waals surface area contributed by atoms with Crippen molar-refractivity contribution in [1.29, 1.82) is 0 Å². The Morgan fingerprint density at radius 1 is 1.65 bits per heavy atom. The summed E-state index contributed by atoms with van der Waals surface area (Å²) in [4.78, 5) is 23.1. The van der Waals surface area contributed by atoms with Crippen LogP contribution in [-0.4, -0.2) is 35.4 Å². The fourth-order valence-electron chi connectivity index (χ4n) is 1.78. The van der Waals surface area contributed by atoms with E-state index in [4.69, 9.17) is 4.42 Å². The van der Waals surface area contributed by atoms with Crippen LogP contribution < -0.4 is 10.8 Å². The normalized spacial score (nSPS) is 24.1. The predicted molar refractivity (Wildman–Crippen MR) is 54.9 cm³/mol. The first-order valence-electron chi connectivity index (χ1n) is 5.14. The van der Waals surface area contributed by atoms with E-state index in [0.717, 1.165) is 0 Å². The molecule has 1 aliphatic heterocycles. The number of rotatable bonds is 4. The summed E-state index contributed by atoms with van der Waals surface area (Å²) in [5, 5.41) is 10.5. The molecule has 0 spiro atoms. The molecule has 6 heteroatoms. The standard InChI is InChI=1S/C11H12N2O4/c12-10-8(4-3-7-2-1-5-17-7)13(11(10)16)6-9(14)15/h1-5,8,10H,6,12H2,(H,14,15)/b4-3+. The van der Waals surface area contributed by atoms with Crippen molar-refractivity contribution in [2.75, 3.05) is 6.54 Å². The summed E-state index contributed by atoms with van der Waals surface area (Å²) in [6.45, 7) is -0.405. The van der Waals surface area contributed by atoms with Crippen molar-refractivity contribution < 1.29 is 24.8 Å². The smallest absolute Gasteiger partial charge is 0.284 e. The molecule has 17 heavy (non-hydrogen) atoms. The number of carbonyl (C=O) groups is 2. The first kappa shape index (κ1) is 11.4. The first-order valence-corrected chi connectivity index (χ1v) is 5.14. The molecule has 2 rings (SSSR count). The molecule has 1 fully saturated rings. The molecular formula is C11H12N2O4. The fraction of sp³-hybridized carbons (Fsp3) is 0.273. The maximum atomic E-state index is 11.4. The minimum absolute atomic E-state index is 0.275. The molecule has 2 heterocycles. The molecule has 0 saturated carbocycles. The Bertz CT molecular complexity index is 452. The number of carboxylic acid groups (broad SMARTS) is 1. The SMILES string of the molecule is [NH3+]C1C(=O)N(CC(=O)[O-])C1/C=C/c1ccco1. The predicted octanol–water partition coefficient (Wildman–Crippen LogP) is -2.14. The zero-order chi connectivity index (χ0) is 12.4. The van der Waals surface area contributed by atoms with E-state index in [9.17, 15) is 14.7 Å². The molecule has 90 valence electrons. The number of furan rings is 1. The molecule has 1 aliphatic rings. The van der Waals surface area contributed by atoms with Crippen molar-refractivity contribution in [2.24, 2.45) is 0 Å². The Morgan fingerprint density at radius 3 is 3.00 bits per heavy atom. The van der Waals surface area contributed by atoms with Crippen molar-refractivity contribution in [3.8, 4) is 0 Å². The number of β-lactam (4-membered cyclic amide) rings is 1. The van der Waals surface area contributed by atoms with Gasteiger partial charge in [-0.2, -0.15) is 0 Å². The van der Waals surface area contributed by atoms with Gasteiger partial charge in [-0.25, -0.2) is 0 Å². The minimum atomic E-state index is -1.28. The topological polar surface area (TPSA) is 101 Å². The van der Waals surface area contributed by atoms with Gasteiger partial charge in [0.2, 0.25) is 0 Å².